The van der Waals surface area contributed by atoms with Crippen LogP contribution in [-0.4, -0.2) is 43.3 Å². The standard InChI is InChI=1S/C16H22F3N3OS.HI/c1-20-15(22-10-14-6-3-7-24-14)21-9-12-4-2-5-13(8-12)23-11-16(17,18)19;/h2,4-5,8,14H,3,6-7,9-11H2,1H3,(H2,20,21,22);1H. The smallest absolute Gasteiger partial charge is 0.422 e. The van der Waals surface area contributed by atoms with Gasteiger partial charge in [-0.3, -0.25) is 4.99 Å². The van der Waals surface area contributed by atoms with Crippen LogP contribution in [-0.2, 0) is 6.54 Å². The largest absolute Gasteiger partial charge is 0.484 e. The molecule has 1 saturated heterocycles. The normalized spacial score (nSPS) is 17.8. The fourth-order valence-electron chi connectivity index (χ4n) is 2.33. The molecule has 1 aromatic rings. The van der Waals surface area contributed by atoms with Crippen molar-refractivity contribution in [2.45, 2.75) is 30.8 Å². The van der Waals surface area contributed by atoms with Gasteiger partial charge in [0.15, 0.2) is 12.6 Å². The van der Waals surface area contributed by atoms with Gasteiger partial charge in [-0.1, -0.05) is 12.1 Å². The van der Waals surface area contributed by atoms with E-state index in [9.17, 15) is 13.2 Å². The zero-order valence-corrected chi connectivity index (χ0v) is 17.1. The maximum atomic E-state index is 12.2. The topological polar surface area (TPSA) is 45.7 Å². The Morgan fingerprint density at radius 2 is 2.16 bits per heavy atom. The summed E-state index contributed by atoms with van der Waals surface area (Å²) in [7, 11) is 1.69. The molecule has 0 saturated carbocycles. The van der Waals surface area contributed by atoms with E-state index in [2.05, 4.69) is 15.6 Å². The van der Waals surface area contributed by atoms with Crippen molar-refractivity contribution in [3.05, 3.63) is 29.8 Å². The van der Waals surface area contributed by atoms with Crippen molar-refractivity contribution in [3.8, 4) is 5.75 Å². The molecule has 9 heteroatoms. The number of aliphatic imine (C=N–C) groups is 1. The molecule has 1 aromatic carbocycles. The van der Waals surface area contributed by atoms with Gasteiger partial charge in [0.2, 0.25) is 0 Å². The Morgan fingerprint density at radius 3 is 2.80 bits per heavy atom. The van der Waals surface area contributed by atoms with Gasteiger partial charge < -0.3 is 15.4 Å². The van der Waals surface area contributed by atoms with Crippen molar-refractivity contribution in [2.24, 2.45) is 4.99 Å². The van der Waals surface area contributed by atoms with Gasteiger partial charge in [0.25, 0.3) is 0 Å². The number of benzene rings is 1. The Hall–Kier alpha value is -0.840. The number of nitrogens with one attached hydrogen (secondary N) is 2. The summed E-state index contributed by atoms with van der Waals surface area (Å²) in [5, 5.41) is 7.05. The number of guanidine groups is 1. The lowest BCUT2D eigenvalue weighted by Gasteiger charge is -2.15. The highest BCUT2D eigenvalue weighted by molar-refractivity contribution is 14.0. The minimum atomic E-state index is -4.33. The summed E-state index contributed by atoms with van der Waals surface area (Å²) in [6, 6.07) is 6.61. The van der Waals surface area contributed by atoms with E-state index in [0.717, 1.165) is 12.1 Å². The molecule has 2 N–H and O–H groups in total. The fraction of sp³-hybridized carbons (Fsp3) is 0.562. The first-order chi connectivity index (χ1) is 11.5. The van der Waals surface area contributed by atoms with Crippen molar-refractivity contribution in [2.75, 3.05) is 26.0 Å². The molecule has 0 bridgehead atoms. The first-order valence-corrected chi connectivity index (χ1v) is 8.86. The lowest BCUT2D eigenvalue weighted by atomic mass is 10.2. The van der Waals surface area contributed by atoms with Crippen LogP contribution in [0.1, 0.15) is 18.4 Å². The molecule has 1 heterocycles. The van der Waals surface area contributed by atoms with Gasteiger partial charge in [-0.05, 0) is 36.3 Å². The van der Waals surface area contributed by atoms with Crippen molar-refractivity contribution < 1.29 is 17.9 Å². The molecule has 1 fully saturated rings. The molecular weight excluding hydrogens is 466 g/mol. The predicted octanol–water partition coefficient (Wildman–Crippen LogP) is 3.81. The number of thioether (sulfide) groups is 1. The molecule has 0 amide bonds. The quantitative estimate of drug-likeness (QED) is 0.363. The monoisotopic (exact) mass is 489 g/mol. The first-order valence-electron chi connectivity index (χ1n) is 7.81. The summed E-state index contributed by atoms with van der Waals surface area (Å²) >= 11 is 1.96. The molecule has 0 aliphatic carbocycles. The third kappa shape index (κ3) is 8.89. The van der Waals surface area contributed by atoms with E-state index in [-0.39, 0.29) is 29.7 Å². The van der Waals surface area contributed by atoms with Gasteiger partial charge in [-0.15, -0.1) is 24.0 Å². The summed E-state index contributed by atoms with van der Waals surface area (Å²) < 4.78 is 41.3. The van der Waals surface area contributed by atoms with Crippen LogP contribution in [0.2, 0.25) is 0 Å². The Bertz CT molecular complexity index is 552. The van der Waals surface area contributed by atoms with E-state index in [1.165, 1.54) is 24.7 Å². The molecule has 0 aromatic heterocycles. The van der Waals surface area contributed by atoms with E-state index >= 15 is 0 Å². The van der Waals surface area contributed by atoms with Crippen LogP contribution in [0.5, 0.6) is 5.75 Å². The maximum Gasteiger partial charge on any atom is 0.422 e. The molecule has 1 aliphatic rings. The Labute approximate surface area is 167 Å². The van der Waals surface area contributed by atoms with Crippen LogP contribution in [0.25, 0.3) is 0 Å². The lowest BCUT2D eigenvalue weighted by molar-refractivity contribution is -0.153. The van der Waals surface area contributed by atoms with Crippen molar-refractivity contribution in [1.29, 1.82) is 0 Å². The van der Waals surface area contributed by atoms with Crippen LogP contribution in [0.3, 0.4) is 0 Å². The van der Waals surface area contributed by atoms with Crippen LogP contribution >= 0.6 is 35.7 Å². The summed E-state index contributed by atoms with van der Waals surface area (Å²) in [6.45, 7) is 0.0337. The Balaban J connectivity index is 0.00000312. The maximum absolute atomic E-state index is 12.2. The number of rotatable bonds is 6. The molecular formula is C16H23F3IN3OS. The number of ether oxygens (including phenoxy) is 1. The minimum Gasteiger partial charge on any atom is -0.484 e. The zero-order valence-electron chi connectivity index (χ0n) is 13.9. The van der Waals surface area contributed by atoms with E-state index in [4.69, 9.17) is 4.74 Å². The molecule has 1 atom stereocenters. The van der Waals surface area contributed by atoms with Crippen LogP contribution < -0.4 is 15.4 Å². The summed E-state index contributed by atoms with van der Waals surface area (Å²) in [4.78, 5) is 4.16. The molecule has 0 spiro atoms. The van der Waals surface area contributed by atoms with Gasteiger partial charge in [0, 0.05) is 25.4 Å². The summed E-state index contributed by atoms with van der Waals surface area (Å²) in [5.41, 5.74) is 0.827. The SMILES string of the molecule is CN=C(NCc1cccc(OCC(F)(F)F)c1)NCC1CCCS1.I. The predicted molar refractivity (Wildman–Crippen MR) is 107 cm³/mol. The van der Waals surface area contributed by atoms with E-state index in [0.29, 0.717) is 17.8 Å². The Morgan fingerprint density at radius 1 is 1.36 bits per heavy atom. The fourth-order valence-corrected chi connectivity index (χ4v) is 3.53. The van der Waals surface area contributed by atoms with Crippen molar-refractivity contribution in [1.82, 2.24) is 10.6 Å². The molecule has 1 unspecified atom stereocenters. The number of hydrogen-bond donors (Lipinski definition) is 2. The second kappa shape index (κ2) is 11.0. The zero-order chi connectivity index (χ0) is 17.4. The molecule has 25 heavy (non-hydrogen) atoms. The molecule has 1 aliphatic heterocycles. The minimum absolute atomic E-state index is 0. The van der Waals surface area contributed by atoms with Gasteiger partial charge in [0.05, 0.1) is 0 Å². The third-order valence-corrected chi connectivity index (χ3v) is 4.90. The number of hydrogen-bond acceptors (Lipinski definition) is 3. The highest BCUT2D eigenvalue weighted by Gasteiger charge is 2.28. The Kier molecular flexibility index (Phi) is 9.77. The van der Waals surface area contributed by atoms with Crippen molar-refractivity contribution >= 4 is 41.7 Å². The highest BCUT2D eigenvalue weighted by Crippen LogP contribution is 2.25. The molecule has 0 radical (unpaired) electrons. The van der Waals surface area contributed by atoms with Gasteiger partial charge in [0.1, 0.15) is 5.75 Å². The number of nitrogens with zero attached hydrogens (tertiary/aromatic N) is 1. The molecule has 142 valence electrons. The van der Waals surface area contributed by atoms with Gasteiger partial charge >= 0.3 is 6.18 Å². The molecule has 2 rings (SSSR count). The average Bonchev–Trinajstić information content (AvgIpc) is 3.06. The second-order valence-corrected chi connectivity index (χ2v) is 6.90. The van der Waals surface area contributed by atoms with Crippen LogP contribution in [0, 0.1) is 0 Å². The van der Waals surface area contributed by atoms with Gasteiger partial charge in [-0.25, -0.2) is 0 Å². The summed E-state index contributed by atoms with van der Waals surface area (Å²) in [5.74, 6) is 2.10. The third-order valence-electron chi connectivity index (χ3n) is 3.51. The van der Waals surface area contributed by atoms with Crippen molar-refractivity contribution in [3.63, 3.8) is 0 Å². The van der Waals surface area contributed by atoms with E-state index < -0.39 is 12.8 Å². The average molecular weight is 489 g/mol. The van der Waals surface area contributed by atoms with Crippen LogP contribution in [0.4, 0.5) is 13.2 Å². The lowest BCUT2D eigenvalue weighted by Crippen LogP contribution is -2.39. The number of alkyl halides is 3. The van der Waals surface area contributed by atoms with E-state index in [1.54, 1.807) is 19.2 Å². The molecule has 4 nitrogen and oxygen atoms in total. The van der Waals surface area contributed by atoms with E-state index in [1.807, 2.05) is 17.8 Å². The number of halogens is 4. The first kappa shape index (κ1) is 22.2. The summed E-state index contributed by atoms with van der Waals surface area (Å²) in [6.07, 6.45) is -1.86. The van der Waals surface area contributed by atoms with Crippen LogP contribution in [0.15, 0.2) is 29.3 Å². The second-order valence-electron chi connectivity index (χ2n) is 5.49. The highest BCUT2D eigenvalue weighted by atomic mass is 127. The van der Waals surface area contributed by atoms with Gasteiger partial charge in [-0.2, -0.15) is 24.9 Å².